The van der Waals surface area contributed by atoms with Gasteiger partial charge in [-0.2, -0.15) is 0 Å². The molecule has 29 heavy (non-hydrogen) atoms. The van der Waals surface area contributed by atoms with E-state index in [4.69, 9.17) is 16.3 Å². The number of hydrogen-bond acceptors (Lipinski definition) is 5. The Balaban J connectivity index is 2.34. The van der Waals surface area contributed by atoms with Gasteiger partial charge in [-0.1, -0.05) is 23.7 Å². The van der Waals surface area contributed by atoms with Gasteiger partial charge < -0.3 is 4.74 Å². The van der Waals surface area contributed by atoms with Gasteiger partial charge in [0.25, 0.3) is 5.56 Å². The number of carbonyl (C=O) groups is 1. The van der Waals surface area contributed by atoms with Crippen molar-refractivity contribution in [2.45, 2.75) is 45.6 Å². The summed E-state index contributed by atoms with van der Waals surface area (Å²) in [6, 6.07) is 9.53. The second-order valence-electron chi connectivity index (χ2n) is 7.69. The van der Waals surface area contributed by atoms with Gasteiger partial charge in [0.1, 0.15) is 17.8 Å². The van der Waals surface area contributed by atoms with Gasteiger partial charge in [-0.3, -0.25) is 18.5 Å². The topological polar surface area (TPSA) is 85.7 Å². The molecule has 0 aliphatic carbocycles. The SMILES string of the molecule is Cc1ccc(N(C)S(=O)(=O)Cc2cccc(Cl)c2)c(=O)n1CC(=O)OC(C)(C)C. The zero-order valence-corrected chi connectivity index (χ0v) is 18.7. The van der Waals surface area contributed by atoms with Gasteiger partial charge in [0.05, 0.1) is 5.75 Å². The van der Waals surface area contributed by atoms with Gasteiger partial charge in [0.15, 0.2) is 0 Å². The van der Waals surface area contributed by atoms with E-state index in [9.17, 15) is 18.0 Å². The number of rotatable bonds is 6. The second-order valence-corrected chi connectivity index (χ2v) is 10.1. The molecule has 1 heterocycles. The Labute approximate surface area is 175 Å². The lowest BCUT2D eigenvalue weighted by Gasteiger charge is -2.22. The molecule has 2 aromatic rings. The standard InChI is InChI=1S/C20H25ClN2O5S/c1-14-9-10-17(19(25)23(14)12-18(24)28-20(2,3)4)22(5)29(26,27)13-15-7-6-8-16(21)11-15/h6-11H,12-13H2,1-5H3. The highest BCUT2D eigenvalue weighted by atomic mass is 35.5. The zero-order chi connectivity index (χ0) is 22.0. The molecule has 0 aliphatic rings. The number of halogens is 1. The number of anilines is 1. The Morgan fingerprint density at radius 3 is 2.45 bits per heavy atom. The van der Waals surface area contributed by atoms with Crippen LogP contribution in [0.2, 0.25) is 5.02 Å². The lowest BCUT2D eigenvalue weighted by atomic mass is 10.2. The summed E-state index contributed by atoms with van der Waals surface area (Å²) in [6.45, 7) is 6.54. The average Bonchev–Trinajstić information content (AvgIpc) is 2.56. The highest BCUT2D eigenvalue weighted by Gasteiger charge is 2.24. The van der Waals surface area contributed by atoms with Gasteiger partial charge in [-0.15, -0.1) is 0 Å². The predicted octanol–water partition coefficient (Wildman–Crippen LogP) is 3.12. The number of aromatic nitrogens is 1. The van der Waals surface area contributed by atoms with E-state index in [0.717, 1.165) is 4.31 Å². The van der Waals surface area contributed by atoms with Crippen molar-refractivity contribution in [3.63, 3.8) is 0 Å². The monoisotopic (exact) mass is 440 g/mol. The van der Waals surface area contributed by atoms with Crippen LogP contribution < -0.4 is 9.86 Å². The number of sulfonamides is 1. The first-order valence-corrected chi connectivity index (χ1v) is 10.9. The van der Waals surface area contributed by atoms with Crippen LogP contribution in [-0.2, 0) is 31.9 Å². The normalized spacial score (nSPS) is 11.9. The zero-order valence-electron chi connectivity index (χ0n) is 17.1. The van der Waals surface area contributed by atoms with Crippen LogP contribution in [0.15, 0.2) is 41.2 Å². The molecule has 2 rings (SSSR count). The van der Waals surface area contributed by atoms with E-state index in [1.807, 2.05) is 0 Å². The Hall–Kier alpha value is -2.32. The summed E-state index contributed by atoms with van der Waals surface area (Å²) in [7, 11) is -2.54. The largest absolute Gasteiger partial charge is 0.459 e. The molecule has 0 spiro atoms. The van der Waals surface area contributed by atoms with Crippen LogP contribution in [0, 0.1) is 6.92 Å². The van der Waals surface area contributed by atoms with Gasteiger partial charge in [-0.25, -0.2) is 8.42 Å². The predicted molar refractivity (Wildman–Crippen MR) is 114 cm³/mol. The first kappa shape index (κ1) is 23.0. The van der Waals surface area contributed by atoms with Crippen molar-refractivity contribution < 1.29 is 17.9 Å². The molecule has 0 saturated carbocycles. The van der Waals surface area contributed by atoms with E-state index in [2.05, 4.69) is 0 Å². The molecule has 0 bridgehead atoms. The van der Waals surface area contributed by atoms with Gasteiger partial charge in [-0.05, 0) is 57.5 Å². The van der Waals surface area contributed by atoms with E-state index in [1.165, 1.54) is 17.7 Å². The summed E-state index contributed by atoms with van der Waals surface area (Å²) < 4.78 is 33.0. The van der Waals surface area contributed by atoms with E-state index in [1.54, 1.807) is 58.0 Å². The minimum absolute atomic E-state index is 0.0545. The third-order valence-corrected chi connectivity index (χ3v) is 6.04. The first-order chi connectivity index (χ1) is 13.3. The van der Waals surface area contributed by atoms with E-state index < -0.39 is 27.2 Å². The van der Waals surface area contributed by atoms with Crippen molar-refractivity contribution in [2.75, 3.05) is 11.4 Å². The maximum atomic E-state index is 12.9. The molecule has 0 fully saturated rings. The Morgan fingerprint density at radius 2 is 1.86 bits per heavy atom. The lowest BCUT2D eigenvalue weighted by molar-refractivity contribution is -0.155. The van der Waals surface area contributed by atoms with E-state index in [0.29, 0.717) is 16.3 Å². The molecule has 158 valence electrons. The highest BCUT2D eigenvalue weighted by Crippen LogP contribution is 2.19. The van der Waals surface area contributed by atoms with Crippen molar-refractivity contribution >= 4 is 33.3 Å². The number of aryl methyl sites for hydroxylation is 1. The van der Waals surface area contributed by atoms with Crippen molar-refractivity contribution in [1.82, 2.24) is 4.57 Å². The second kappa shape index (κ2) is 8.59. The number of hydrogen-bond donors (Lipinski definition) is 0. The highest BCUT2D eigenvalue weighted by molar-refractivity contribution is 7.92. The van der Waals surface area contributed by atoms with Crippen LogP contribution in [0.3, 0.4) is 0 Å². The summed E-state index contributed by atoms with van der Waals surface area (Å²) in [5.41, 5.74) is -0.312. The summed E-state index contributed by atoms with van der Waals surface area (Å²) >= 11 is 5.92. The van der Waals surface area contributed by atoms with E-state index in [-0.39, 0.29) is 18.0 Å². The lowest BCUT2D eigenvalue weighted by Crippen LogP contribution is -2.37. The first-order valence-electron chi connectivity index (χ1n) is 8.93. The summed E-state index contributed by atoms with van der Waals surface area (Å²) in [5.74, 6) is -0.895. The van der Waals surface area contributed by atoms with Gasteiger partial charge in [0, 0.05) is 17.8 Å². The molecule has 7 nitrogen and oxygen atoms in total. The molecule has 0 amide bonds. The van der Waals surface area contributed by atoms with Crippen LogP contribution in [0.5, 0.6) is 0 Å². The van der Waals surface area contributed by atoms with Crippen molar-refractivity contribution in [3.8, 4) is 0 Å². The number of carbonyl (C=O) groups excluding carboxylic acids is 1. The average molecular weight is 441 g/mol. The minimum atomic E-state index is -3.85. The molecule has 0 N–H and O–H groups in total. The molecule has 0 atom stereocenters. The van der Waals surface area contributed by atoms with Crippen molar-refractivity contribution in [1.29, 1.82) is 0 Å². The number of ether oxygens (including phenoxy) is 1. The molecule has 9 heteroatoms. The fraction of sp³-hybridized carbons (Fsp3) is 0.400. The van der Waals surface area contributed by atoms with Gasteiger partial charge in [0.2, 0.25) is 10.0 Å². The minimum Gasteiger partial charge on any atom is -0.459 e. The maximum absolute atomic E-state index is 12.9. The number of pyridine rings is 1. The molecule has 1 aromatic heterocycles. The van der Waals surface area contributed by atoms with Crippen molar-refractivity contribution in [3.05, 3.63) is 63.0 Å². The number of esters is 1. The molecule has 0 radical (unpaired) electrons. The van der Waals surface area contributed by atoms with Crippen LogP contribution in [-0.4, -0.2) is 31.6 Å². The quantitative estimate of drug-likeness (QED) is 0.644. The summed E-state index contributed by atoms with van der Waals surface area (Å²) in [6.07, 6.45) is 0. The van der Waals surface area contributed by atoms with Crippen LogP contribution in [0.25, 0.3) is 0 Å². The number of nitrogens with zero attached hydrogens (tertiary/aromatic N) is 2. The van der Waals surface area contributed by atoms with Crippen LogP contribution >= 0.6 is 11.6 Å². The summed E-state index contributed by atoms with van der Waals surface area (Å²) in [5, 5.41) is 0.426. The Morgan fingerprint density at radius 1 is 1.21 bits per heavy atom. The Kier molecular flexibility index (Phi) is 6.80. The van der Waals surface area contributed by atoms with Crippen LogP contribution in [0.4, 0.5) is 5.69 Å². The van der Waals surface area contributed by atoms with E-state index >= 15 is 0 Å². The molecule has 0 aliphatic heterocycles. The summed E-state index contributed by atoms with van der Waals surface area (Å²) in [4.78, 5) is 25.1. The third kappa shape index (κ3) is 6.08. The Bertz CT molecular complexity index is 1070. The third-order valence-electron chi connectivity index (χ3n) is 4.07. The smallest absolute Gasteiger partial charge is 0.326 e. The maximum Gasteiger partial charge on any atom is 0.326 e. The molecule has 1 aromatic carbocycles. The fourth-order valence-electron chi connectivity index (χ4n) is 2.68. The molecule has 0 unspecified atom stereocenters. The fourth-order valence-corrected chi connectivity index (χ4v) is 4.13. The number of benzene rings is 1. The van der Waals surface area contributed by atoms with Crippen molar-refractivity contribution in [2.24, 2.45) is 0 Å². The van der Waals surface area contributed by atoms with Crippen LogP contribution in [0.1, 0.15) is 32.0 Å². The molecular formula is C20H25ClN2O5S. The van der Waals surface area contributed by atoms with Gasteiger partial charge >= 0.3 is 5.97 Å². The molecule has 0 saturated heterocycles. The molecular weight excluding hydrogens is 416 g/mol.